The number of carbonyl (C=O) groups is 1. The van der Waals surface area contributed by atoms with Crippen LogP contribution in [0.2, 0.25) is 0 Å². The highest BCUT2D eigenvalue weighted by Gasteiger charge is 2.11. The van der Waals surface area contributed by atoms with E-state index in [-0.39, 0.29) is 5.56 Å². The van der Waals surface area contributed by atoms with Crippen molar-refractivity contribution < 1.29 is 9.18 Å². The van der Waals surface area contributed by atoms with Crippen molar-refractivity contribution in [2.24, 2.45) is 0 Å². The maximum atomic E-state index is 13.5. The molecule has 2 rings (SSSR count). The summed E-state index contributed by atoms with van der Waals surface area (Å²) < 4.78 is 14.4. The monoisotopic (exact) mass is 322 g/mol. The van der Waals surface area contributed by atoms with Crippen molar-refractivity contribution in [1.29, 1.82) is 0 Å². The Morgan fingerprint density at radius 3 is 2.79 bits per heavy atom. The van der Waals surface area contributed by atoms with Crippen LogP contribution in [0.25, 0.3) is 0 Å². The molecule has 2 aromatic carbocycles. The first-order chi connectivity index (χ1) is 9.06. The zero-order valence-corrected chi connectivity index (χ0v) is 11.6. The first kappa shape index (κ1) is 13.5. The van der Waals surface area contributed by atoms with Gasteiger partial charge in [0, 0.05) is 16.7 Å². The number of anilines is 1. The lowest BCUT2D eigenvalue weighted by atomic mass is 10.1. The Morgan fingerprint density at radius 2 is 2.05 bits per heavy atom. The molecule has 0 aliphatic carbocycles. The fourth-order valence-corrected chi connectivity index (χ4v) is 2.09. The Kier molecular flexibility index (Phi) is 4.16. The highest BCUT2D eigenvalue weighted by atomic mass is 79.9. The Hall–Kier alpha value is -1.88. The van der Waals surface area contributed by atoms with Crippen LogP contribution in [0, 0.1) is 5.82 Å². The molecule has 0 heterocycles. The summed E-state index contributed by atoms with van der Waals surface area (Å²) >= 11 is 3.35. The molecular weight excluding hydrogens is 311 g/mol. The van der Waals surface area contributed by atoms with Gasteiger partial charge in [-0.1, -0.05) is 28.1 Å². The van der Waals surface area contributed by atoms with Gasteiger partial charge in [0.2, 0.25) is 0 Å². The van der Waals surface area contributed by atoms with E-state index in [2.05, 4.69) is 21.2 Å². The molecule has 0 aromatic heterocycles. The van der Waals surface area contributed by atoms with Crippen molar-refractivity contribution in [2.75, 3.05) is 5.73 Å². The summed E-state index contributed by atoms with van der Waals surface area (Å²) in [5, 5.41) is 2.66. The van der Waals surface area contributed by atoms with Gasteiger partial charge in [-0.2, -0.15) is 0 Å². The van der Waals surface area contributed by atoms with Crippen LogP contribution < -0.4 is 11.1 Å². The number of amides is 1. The minimum absolute atomic E-state index is 0.0463. The summed E-state index contributed by atoms with van der Waals surface area (Å²) in [5.74, 6) is -1.06. The molecule has 0 saturated carbocycles. The third-order valence-electron chi connectivity index (χ3n) is 2.58. The molecule has 0 radical (unpaired) electrons. The average Bonchev–Trinajstić information content (AvgIpc) is 2.39. The maximum absolute atomic E-state index is 13.5. The average molecular weight is 323 g/mol. The lowest BCUT2D eigenvalue weighted by Gasteiger charge is -2.07. The lowest BCUT2D eigenvalue weighted by molar-refractivity contribution is 0.0947. The van der Waals surface area contributed by atoms with Crippen molar-refractivity contribution in [3.8, 4) is 0 Å². The van der Waals surface area contributed by atoms with Crippen LogP contribution in [-0.4, -0.2) is 5.91 Å². The maximum Gasteiger partial charge on any atom is 0.254 e. The third-order valence-corrected chi connectivity index (χ3v) is 3.07. The van der Waals surface area contributed by atoms with Gasteiger partial charge in [0.15, 0.2) is 0 Å². The smallest absolute Gasteiger partial charge is 0.254 e. The highest BCUT2D eigenvalue weighted by Crippen LogP contribution is 2.13. The largest absolute Gasteiger partial charge is 0.399 e. The van der Waals surface area contributed by atoms with Gasteiger partial charge in [-0.25, -0.2) is 4.39 Å². The molecule has 0 unspecified atom stereocenters. The first-order valence-corrected chi connectivity index (χ1v) is 6.43. The molecule has 0 aliphatic rings. The number of hydrogen-bond donors (Lipinski definition) is 2. The van der Waals surface area contributed by atoms with E-state index >= 15 is 0 Å². The number of halogens is 2. The van der Waals surface area contributed by atoms with Gasteiger partial charge in [-0.05, 0) is 35.9 Å². The predicted octanol–water partition coefficient (Wildman–Crippen LogP) is 3.10. The number of carbonyl (C=O) groups excluding carboxylic acids is 1. The van der Waals surface area contributed by atoms with E-state index in [1.807, 2.05) is 24.3 Å². The third kappa shape index (κ3) is 3.54. The molecule has 1 amide bonds. The molecule has 98 valence electrons. The Balaban J connectivity index is 2.07. The molecule has 3 N–H and O–H groups in total. The second kappa shape index (κ2) is 5.84. The van der Waals surface area contributed by atoms with E-state index in [1.165, 1.54) is 18.2 Å². The standard InChI is InChI=1S/C14H12BrFN2O/c15-10-3-1-2-9(6-10)8-18-14(19)12-7-11(17)4-5-13(12)16/h1-7H,8,17H2,(H,18,19). The minimum Gasteiger partial charge on any atom is -0.399 e. The van der Waals surface area contributed by atoms with E-state index in [0.29, 0.717) is 12.2 Å². The van der Waals surface area contributed by atoms with Crippen LogP contribution in [0.15, 0.2) is 46.9 Å². The number of nitrogen functional groups attached to an aromatic ring is 1. The number of rotatable bonds is 3. The minimum atomic E-state index is -0.582. The molecule has 5 heteroatoms. The van der Waals surface area contributed by atoms with Crippen LogP contribution in [0.1, 0.15) is 15.9 Å². The van der Waals surface area contributed by atoms with Crippen LogP contribution in [0.4, 0.5) is 10.1 Å². The van der Waals surface area contributed by atoms with Crippen LogP contribution in [0.3, 0.4) is 0 Å². The quantitative estimate of drug-likeness (QED) is 0.853. The fraction of sp³-hybridized carbons (Fsp3) is 0.0714. The second-order valence-electron chi connectivity index (χ2n) is 4.05. The number of hydrogen-bond acceptors (Lipinski definition) is 2. The van der Waals surface area contributed by atoms with Crippen molar-refractivity contribution in [1.82, 2.24) is 5.32 Å². The summed E-state index contributed by atoms with van der Waals surface area (Å²) in [6, 6.07) is 11.4. The van der Waals surface area contributed by atoms with Gasteiger partial charge >= 0.3 is 0 Å². The van der Waals surface area contributed by atoms with Crippen LogP contribution >= 0.6 is 15.9 Å². The Morgan fingerprint density at radius 1 is 1.26 bits per heavy atom. The molecule has 0 aliphatic heterocycles. The Bertz CT molecular complexity index is 616. The van der Waals surface area contributed by atoms with E-state index < -0.39 is 11.7 Å². The van der Waals surface area contributed by atoms with Crippen LogP contribution in [-0.2, 0) is 6.54 Å². The van der Waals surface area contributed by atoms with E-state index in [9.17, 15) is 9.18 Å². The lowest BCUT2D eigenvalue weighted by Crippen LogP contribution is -2.24. The fourth-order valence-electron chi connectivity index (χ4n) is 1.64. The Labute approximate surface area is 118 Å². The normalized spacial score (nSPS) is 10.2. The zero-order valence-electron chi connectivity index (χ0n) is 9.99. The SMILES string of the molecule is Nc1ccc(F)c(C(=O)NCc2cccc(Br)c2)c1. The summed E-state index contributed by atoms with van der Waals surface area (Å²) in [4.78, 5) is 11.9. The van der Waals surface area contributed by atoms with Crippen LogP contribution in [0.5, 0.6) is 0 Å². The molecule has 19 heavy (non-hydrogen) atoms. The van der Waals surface area contributed by atoms with Crippen molar-refractivity contribution >= 4 is 27.5 Å². The number of benzene rings is 2. The van der Waals surface area contributed by atoms with E-state index in [0.717, 1.165) is 10.0 Å². The molecular formula is C14H12BrFN2O. The van der Waals surface area contributed by atoms with Crippen molar-refractivity contribution in [3.63, 3.8) is 0 Å². The molecule has 0 saturated heterocycles. The van der Waals surface area contributed by atoms with Gasteiger partial charge in [0.25, 0.3) is 5.91 Å². The van der Waals surface area contributed by atoms with E-state index in [1.54, 1.807) is 0 Å². The highest BCUT2D eigenvalue weighted by molar-refractivity contribution is 9.10. The van der Waals surface area contributed by atoms with Gasteiger partial charge in [-0.15, -0.1) is 0 Å². The summed E-state index contributed by atoms with van der Waals surface area (Å²) in [6.45, 7) is 0.326. The summed E-state index contributed by atoms with van der Waals surface area (Å²) in [7, 11) is 0. The predicted molar refractivity (Wildman–Crippen MR) is 76.1 cm³/mol. The molecule has 0 spiro atoms. The zero-order chi connectivity index (χ0) is 13.8. The molecule has 0 bridgehead atoms. The number of nitrogens with two attached hydrogens (primary N) is 1. The van der Waals surface area contributed by atoms with Gasteiger partial charge in [0.1, 0.15) is 5.82 Å². The second-order valence-corrected chi connectivity index (χ2v) is 4.97. The van der Waals surface area contributed by atoms with E-state index in [4.69, 9.17) is 5.73 Å². The molecule has 0 atom stereocenters. The van der Waals surface area contributed by atoms with Gasteiger partial charge < -0.3 is 11.1 Å². The first-order valence-electron chi connectivity index (χ1n) is 5.64. The van der Waals surface area contributed by atoms with Crippen molar-refractivity contribution in [3.05, 3.63) is 63.9 Å². The summed E-state index contributed by atoms with van der Waals surface area (Å²) in [6.07, 6.45) is 0. The topological polar surface area (TPSA) is 55.1 Å². The number of nitrogens with one attached hydrogen (secondary N) is 1. The van der Waals surface area contributed by atoms with Crippen molar-refractivity contribution in [2.45, 2.75) is 6.54 Å². The van der Waals surface area contributed by atoms with Gasteiger partial charge in [-0.3, -0.25) is 4.79 Å². The molecule has 2 aromatic rings. The van der Waals surface area contributed by atoms with Gasteiger partial charge in [0.05, 0.1) is 5.56 Å². The summed E-state index contributed by atoms with van der Waals surface area (Å²) in [5.41, 5.74) is 6.77. The molecule has 3 nitrogen and oxygen atoms in total. The molecule has 0 fully saturated rings.